The maximum Gasteiger partial charge on any atom is 0.257 e. The Morgan fingerprint density at radius 1 is 1.14 bits per heavy atom. The molecule has 0 aliphatic heterocycles. The molecule has 0 bridgehead atoms. The summed E-state index contributed by atoms with van der Waals surface area (Å²) in [5.41, 5.74) is 3.34. The molecule has 0 aliphatic rings. The van der Waals surface area contributed by atoms with Gasteiger partial charge in [0.1, 0.15) is 0 Å². The minimum absolute atomic E-state index is 0.110. The third-order valence-corrected chi connectivity index (χ3v) is 3.35. The van der Waals surface area contributed by atoms with Crippen molar-refractivity contribution >= 4 is 28.2 Å². The highest BCUT2D eigenvalue weighted by molar-refractivity contribution is 6.08. The molecule has 0 radical (unpaired) electrons. The van der Waals surface area contributed by atoms with Crippen LogP contribution in [0.5, 0.6) is 0 Å². The number of H-pyrrole nitrogens is 1. The van der Waals surface area contributed by atoms with Crippen LogP contribution in [0.25, 0.3) is 10.9 Å². The highest BCUT2D eigenvalue weighted by atomic mass is 16.1. The van der Waals surface area contributed by atoms with E-state index in [9.17, 15) is 4.79 Å². The topological polar surface area (TPSA) is 56.9 Å². The Balaban J connectivity index is 1.85. The van der Waals surface area contributed by atoms with Gasteiger partial charge in [0, 0.05) is 35.0 Å². The molecule has 1 aromatic heterocycles. The van der Waals surface area contributed by atoms with Gasteiger partial charge < -0.3 is 15.6 Å². The van der Waals surface area contributed by atoms with E-state index >= 15 is 0 Å². The van der Waals surface area contributed by atoms with Crippen LogP contribution in [0.4, 0.5) is 11.4 Å². The Morgan fingerprint density at radius 2 is 2.00 bits per heavy atom. The van der Waals surface area contributed by atoms with Crippen molar-refractivity contribution in [2.75, 3.05) is 17.2 Å². The standard InChI is InChI=1S/C17H17N3O/c1-2-18-16-6-4-3-5-14(16)17(21)20-13-7-8-15-12(11-13)9-10-19-15/h3-11,18-19H,2H2,1H3,(H,20,21). The highest BCUT2D eigenvalue weighted by Crippen LogP contribution is 2.20. The molecule has 3 N–H and O–H groups in total. The van der Waals surface area contributed by atoms with Gasteiger partial charge in [-0.25, -0.2) is 0 Å². The average molecular weight is 279 g/mol. The molecule has 0 spiro atoms. The van der Waals surface area contributed by atoms with Gasteiger partial charge in [0.15, 0.2) is 0 Å². The summed E-state index contributed by atoms with van der Waals surface area (Å²) >= 11 is 0. The number of para-hydroxylation sites is 1. The first-order valence-corrected chi connectivity index (χ1v) is 6.99. The van der Waals surface area contributed by atoms with Crippen LogP contribution in [0.2, 0.25) is 0 Å². The summed E-state index contributed by atoms with van der Waals surface area (Å²) in [7, 11) is 0. The summed E-state index contributed by atoms with van der Waals surface area (Å²) in [4.78, 5) is 15.6. The van der Waals surface area contributed by atoms with Crippen molar-refractivity contribution in [3.63, 3.8) is 0 Å². The van der Waals surface area contributed by atoms with E-state index in [4.69, 9.17) is 0 Å². The van der Waals surface area contributed by atoms with E-state index in [1.807, 2.05) is 61.7 Å². The van der Waals surface area contributed by atoms with Crippen LogP contribution in [0.3, 0.4) is 0 Å². The molecular formula is C17H17N3O. The zero-order chi connectivity index (χ0) is 14.7. The number of benzene rings is 2. The molecule has 1 amide bonds. The lowest BCUT2D eigenvalue weighted by Crippen LogP contribution is -2.14. The van der Waals surface area contributed by atoms with Gasteiger partial charge in [0.2, 0.25) is 0 Å². The Hall–Kier alpha value is -2.75. The van der Waals surface area contributed by atoms with Gasteiger partial charge in [-0.2, -0.15) is 0 Å². The second-order valence-corrected chi connectivity index (χ2v) is 4.81. The van der Waals surface area contributed by atoms with Crippen LogP contribution < -0.4 is 10.6 Å². The van der Waals surface area contributed by atoms with Crippen molar-refractivity contribution in [2.24, 2.45) is 0 Å². The molecule has 0 fully saturated rings. The zero-order valence-corrected chi connectivity index (χ0v) is 11.8. The lowest BCUT2D eigenvalue weighted by molar-refractivity contribution is 0.102. The second kappa shape index (κ2) is 5.71. The lowest BCUT2D eigenvalue weighted by atomic mass is 10.1. The smallest absolute Gasteiger partial charge is 0.257 e. The predicted molar refractivity (Wildman–Crippen MR) is 86.9 cm³/mol. The molecule has 0 unspecified atom stereocenters. The van der Waals surface area contributed by atoms with Gasteiger partial charge in [-0.05, 0) is 43.3 Å². The average Bonchev–Trinajstić information content (AvgIpc) is 2.95. The third-order valence-electron chi connectivity index (χ3n) is 3.35. The van der Waals surface area contributed by atoms with Gasteiger partial charge in [-0.3, -0.25) is 4.79 Å². The van der Waals surface area contributed by atoms with Gasteiger partial charge in [-0.1, -0.05) is 12.1 Å². The molecule has 0 saturated heterocycles. The van der Waals surface area contributed by atoms with E-state index in [0.717, 1.165) is 28.8 Å². The van der Waals surface area contributed by atoms with Crippen LogP contribution in [-0.2, 0) is 0 Å². The number of hydrogen-bond acceptors (Lipinski definition) is 2. The number of hydrogen-bond donors (Lipinski definition) is 3. The maximum atomic E-state index is 12.4. The van der Waals surface area contributed by atoms with E-state index in [0.29, 0.717) is 5.56 Å². The zero-order valence-electron chi connectivity index (χ0n) is 11.8. The molecule has 0 saturated carbocycles. The first-order chi connectivity index (χ1) is 10.3. The number of amides is 1. The van der Waals surface area contributed by atoms with E-state index in [-0.39, 0.29) is 5.91 Å². The molecule has 4 nitrogen and oxygen atoms in total. The summed E-state index contributed by atoms with van der Waals surface area (Å²) in [6.45, 7) is 2.79. The number of rotatable bonds is 4. The van der Waals surface area contributed by atoms with Crippen LogP contribution in [0.15, 0.2) is 54.7 Å². The summed E-state index contributed by atoms with van der Waals surface area (Å²) in [5.74, 6) is -0.110. The maximum absolute atomic E-state index is 12.4. The minimum atomic E-state index is -0.110. The van der Waals surface area contributed by atoms with Crippen LogP contribution >= 0.6 is 0 Å². The lowest BCUT2D eigenvalue weighted by Gasteiger charge is -2.11. The fourth-order valence-corrected chi connectivity index (χ4v) is 2.36. The van der Waals surface area contributed by atoms with Crippen molar-refractivity contribution in [3.8, 4) is 0 Å². The number of carbonyl (C=O) groups is 1. The number of nitrogens with one attached hydrogen (secondary N) is 3. The number of fused-ring (bicyclic) bond motifs is 1. The van der Waals surface area contributed by atoms with Crippen molar-refractivity contribution < 1.29 is 4.79 Å². The Kier molecular flexibility index (Phi) is 3.60. The quantitative estimate of drug-likeness (QED) is 0.679. The van der Waals surface area contributed by atoms with Crippen molar-refractivity contribution in [1.29, 1.82) is 0 Å². The Bertz CT molecular complexity index is 776. The fourth-order valence-electron chi connectivity index (χ4n) is 2.36. The predicted octanol–water partition coefficient (Wildman–Crippen LogP) is 3.85. The van der Waals surface area contributed by atoms with Crippen LogP contribution in [0.1, 0.15) is 17.3 Å². The molecule has 106 valence electrons. The van der Waals surface area contributed by atoms with Crippen LogP contribution in [0, 0.1) is 0 Å². The molecule has 3 aromatic rings. The van der Waals surface area contributed by atoms with Crippen molar-refractivity contribution in [3.05, 3.63) is 60.3 Å². The summed E-state index contributed by atoms with van der Waals surface area (Å²) in [6, 6.07) is 15.3. The van der Waals surface area contributed by atoms with Gasteiger partial charge in [0.25, 0.3) is 5.91 Å². The summed E-state index contributed by atoms with van der Waals surface area (Å²) in [6.07, 6.45) is 1.89. The largest absolute Gasteiger partial charge is 0.385 e. The molecule has 0 aliphatic carbocycles. The molecule has 2 aromatic carbocycles. The normalized spacial score (nSPS) is 10.5. The minimum Gasteiger partial charge on any atom is -0.385 e. The molecule has 3 rings (SSSR count). The summed E-state index contributed by atoms with van der Waals surface area (Å²) < 4.78 is 0. The molecule has 0 atom stereocenters. The van der Waals surface area contributed by atoms with Crippen LogP contribution in [-0.4, -0.2) is 17.4 Å². The van der Waals surface area contributed by atoms with Gasteiger partial charge in [-0.15, -0.1) is 0 Å². The first-order valence-electron chi connectivity index (χ1n) is 6.99. The number of aromatic nitrogens is 1. The molecule has 21 heavy (non-hydrogen) atoms. The fraction of sp³-hybridized carbons (Fsp3) is 0.118. The monoisotopic (exact) mass is 279 g/mol. The third kappa shape index (κ3) is 2.74. The van der Waals surface area contributed by atoms with E-state index < -0.39 is 0 Å². The van der Waals surface area contributed by atoms with Crippen molar-refractivity contribution in [2.45, 2.75) is 6.92 Å². The Morgan fingerprint density at radius 3 is 2.86 bits per heavy atom. The van der Waals surface area contributed by atoms with Gasteiger partial charge >= 0.3 is 0 Å². The second-order valence-electron chi connectivity index (χ2n) is 4.81. The Labute approximate surface area is 123 Å². The van der Waals surface area contributed by atoms with Gasteiger partial charge in [0.05, 0.1) is 5.56 Å². The molecular weight excluding hydrogens is 262 g/mol. The van der Waals surface area contributed by atoms with E-state index in [1.165, 1.54) is 0 Å². The molecule has 4 heteroatoms. The number of aromatic amines is 1. The number of carbonyl (C=O) groups excluding carboxylic acids is 1. The number of anilines is 2. The van der Waals surface area contributed by atoms with Crippen molar-refractivity contribution in [1.82, 2.24) is 4.98 Å². The SMILES string of the molecule is CCNc1ccccc1C(=O)Nc1ccc2[nH]ccc2c1. The molecule has 1 heterocycles. The highest BCUT2D eigenvalue weighted by Gasteiger charge is 2.10. The van der Waals surface area contributed by atoms with E-state index in [2.05, 4.69) is 15.6 Å². The van der Waals surface area contributed by atoms with E-state index in [1.54, 1.807) is 0 Å². The summed E-state index contributed by atoms with van der Waals surface area (Å²) in [5, 5.41) is 7.23. The first kappa shape index (κ1) is 13.2.